The maximum Gasteiger partial charge on any atom is 0.106 e. The molecule has 0 heterocycles. The molecule has 1 fully saturated rings. The summed E-state index contributed by atoms with van der Waals surface area (Å²) in [5, 5.41) is 12.9. The van der Waals surface area contributed by atoms with Crippen LogP contribution in [0.2, 0.25) is 0 Å². The van der Waals surface area contributed by atoms with Crippen LogP contribution in [0.15, 0.2) is 0 Å². The summed E-state index contributed by atoms with van der Waals surface area (Å²) >= 11 is 1.97. The minimum atomic E-state index is -0.270. The highest BCUT2D eigenvalue weighted by atomic mass is 32.2. The van der Waals surface area contributed by atoms with Gasteiger partial charge < -0.3 is 4.74 Å². The maximum absolute atomic E-state index is 9.39. The van der Waals surface area contributed by atoms with E-state index in [4.69, 9.17) is 4.74 Å². The molecule has 0 aromatic rings. The Labute approximate surface area is 116 Å². The number of nitrogens with one attached hydrogen (secondary N) is 1. The van der Waals surface area contributed by atoms with E-state index in [1.165, 1.54) is 12.8 Å². The van der Waals surface area contributed by atoms with Crippen molar-refractivity contribution in [3.8, 4) is 6.07 Å². The molecule has 1 aliphatic carbocycles. The van der Waals surface area contributed by atoms with Crippen molar-refractivity contribution in [1.29, 1.82) is 5.26 Å². The minimum Gasteiger partial charge on any atom is -0.385 e. The molecule has 4 heteroatoms. The Hall–Kier alpha value is -0.240. The largest absolute Gasteiger partial charge is 0.385 e. The van der Waals surface area contributed by atoms with E-state index in [-0.39, 0.29) is 5.54 Å². The summed E-state index contributed by atoms with van der Waals surface area (Å²) in [6.45, 7) is 2.97. The Bertz CT molecular complexity index is 263. The first kappa shape index (κ1) is 15.8. The number of nitriles is 1. The molecule has 1 rings (SSSR count). The van der Waals surface area contributed by atoms with Crippen molar-refractivity contribution < 1.29 is 4.74 Å². The number of thioether (sulfide) groups is 1. The highest BCUT2D eigenvalue weighted by Gasteiger charge is 2.34. The van der Waals surface area contributed by atoms with E-state index in [9.17, 15) is 5.26 Å². The van der Waals surface area contributed by atoms with Crippen molar-refractivity contribution in [2.75, 3.05) is 25.2 Å². The van der Waals surface area contributed by atoms with E-state index >= 15 is 0 Å². The Morgan fingerprint density at radius 1 is 1.39 bits per heavy atom. The Kier molecular flexibility index (Phi) is 7.73. The van der Waals surface area contributed by atoms with Crippen LogP contribution in [0.5, 0.6) is 0 Å². The van der Waals surface area contributed by atoms with Crippen LogP contribution in [0, 0.1) is 11.3 Å². The first-order valence-corrected chi connectivity index (χ1v) is 8.17. The zero-order chi connectivity index (χ0) is 13.3. The number of methoxy groups -OCH3 is 1. The summed E-state index contributed by atoms with van der Waals surface area (Å²) in [4.78, 5) is 0. The van der Waals surface area contributed by atoms with Crippen molar-refractivity contribution in [2.24, 2.45) is 0 Å². The van der Waals surface area contributed by atoms with Crippen LogP contribution in [0.1, 0.15) is 45.4 Å². The molecule has 0 amide bonds. The van der Waals surface area contributed by atoms with Gasteiger partial charge in [-0.3, -0.25) is 5.32 Å². The summed E-state index contributed by atoms with van der Waals surface area (Å²) in [7, 11) is 1.75. The Morgan fingerprint density at radius 2 is 2.11 bits per heavy atom. The number of hydrogen-bond donors (Lipinski definition) is 1. The molecule has 1 N–H and O–H groups in total. The fourth-order valence-electron chi connectivity index (χ4n) is 2.02. The molecule has 1 atom stereocenters. The second kappa shape index (κ2) is 8.79. The van der Waals surface area contributed by atoms with E-state index in [1.54, 1.807) is 7.11 Å². The normalized spacial score (nSPS) is 18.3. The average Bonchev–Trinajstić information content (AvgIpc) is 3.20. The SMILES string of the molecule is CCC(C#N)(CCCSCCCOC)NC1CC1. The minimum absolute atomic E-state index is 0.270. The summed E-state index contributed by atoms with van der Waals surface area (Å²) in [6, 6.07) is 3.12. The summed E-state index contributed by atoms with van der Waals surface area (Å²) < 4.78 is 5.02. The average molecular weight is 270 g/mol. The van der Waals surface area contributed by atoms with Crippen LogP contribution < -0.4 is 5.32 Å². The fourth-order valence-corrected chi connectivity index (χ4v) is 2.89. The molecule has 0 radical (unpaired) electrons. The molecular weight excluding hydrogens is 244 g/mol. The molecule has 3 nitrogen and oxygen atoms in total. The van der Waals surface area contributed by atoms with Gasteiger partial charge in [0.05, 0.1) is 6.07 Å². The van der Waals surface area contributed by atoms with Crippen molar-refractivity contribution in [3.05, 3.63) is 0 Å². The van der Waals surface area contributed by atoms with Gasteiger partial charge in [0, 0.05) is 19.8 Å². The van der Waals surface area contributed by atoms with Gasteiger partial charge in [0.1, 0.15) is 5.54 Å². The van der Waals surface area contributed by atoms with Crippen LogP contribution >= 0.6 is 11.8 Å². The monoisotopic (exact) mass is 270 g/mol. The van der Waals surface area contributed by atoms with Crippen LogP contribution in [0.4, 0.5) is 0 Å². The number of rotatable bonds is 11. The molecule has 1 saturated carbocycles. The lowest BCUT2D eigenvalue weighted by molar-refractivity contribution is 0.200. The van der Waals surface area contributed by atoms with Crippen molar-refractivity contribution in [3.63, 3.8) is 0 Å². The zero-order valence-corrected chi connectivity index (χ0v) is 12.5. The lowest BCUT2D eigenvalue weighted by Gasteiger charge is -2.26. The number of hydrogen-bond acceptors (Lipinski definition) is 4. The highest BCUT2D eigenvalue weighted by Crippen LogP contribution is 2.27. The van der Waals surface area contributed by atoms with Crippen LogP contribution in [0.3, 0.4) is 0 Å². The molecule has 1 unspecified atom stereocenters. The third-order valence-corrected chi connectivity index (χ3v) is 4.56. The van der Waals surface area contributed by atoms with Crippen LogP contribution in [0.25, 0.3) is 0 Å². The van der Waals surface area contributed by atoms with Gasteiger partial charge in [0.15, 0.2) is 0 Å². The van der Waals surface area contributed by atoms with E-state index in [2.05, 4.69) is 18.3 Å². The molecule has 0 bridgehead atoms. The first-order chi connectivity index (χ1) is 8.76. The van der Waals surface area contributed by atoms with Gasteiger partial charge in [0.2, 0.25) is 0 Å². The van der Waals surface area contributed by atoms with E-state index in [0.29, 0.717) is 6.04 Å². The van der Waals surface area contributed by atoms with Gasteiger partial charge in [-0.2, -0.15) is 17.0 Å². The Morgan fingerprint density at radius 3 is 2.67 bits per heavy atom. The van der Waals surface area contributed by atoms with Gasteiger partial charge in [-0.05, 0) is 50.0 Å². The van der Waals surface area contributed by atoms with Gasteiger partial charge >= 0.3 is 0 Å². The molecule has 0 aromatic heterocycles. The summed E-state index contributed by atoms with van der Waals surface area (Å²) in [5.41, 5.74) is -0.270. The topological polar surface area (TPSA) is 45.0 Å². The number of nitrogens with zero attached hydrogens (tertiary/aromatic N) is 1. The first-order valence-electron chi connectivity index (χ1n) is 7.02. The second-order valence-electron chi connectivity index (χ2n) is 5.03. The van der Waals surface area contributed by atoms with Crippen molar-refractivity contribution >= 4 is 11.8 Å². The summed E-state index contributed by atoms with van der Waals surface area (Å²) in [6.07, 6.45) is 6.63. The molecule has 0 aromatic carbocycles. The molecule has 1 aliphatic rings. The zero-order valence-electron chi connectivity index (χ0n) is 11.7. The fraction of sp³-hybridized carbons (Fsp3) is 0.929. The maximum atomic E-state index is 9.39. The second-order valence-corrected chi connectivity index (χ2v) is 6.25. The smallest absolute Gasteiger partial charge is 0.106 e. The van der Waals surface area contributed by atoms with Crippen molar-refractivity contribution in [1.82, 2.24) is 5.32 Å². The standard InChI is InChI=1S/C14H26N2OS/c1-3-14(12-15,16-13-6-7-13)8-4-10-18-11-5-9-17-2/h13,16H,3-11H2,1-2H3. The Balaban J connectivity index is 2.11. The van der Waals surface area contributed by atoms with Gasteiger partial charge in [-0.1, -0.05) is 6.92 Å². The van der Waals surface area contributed by atoms with E-state index < -0.39 is 0 Å². The molecule has 0 spiro atoms. The third kappa shape index (κ3) is 6.08. The van der Waals surface area contributed by atoms with E-state index in [0.717, 1.165) is 43.8 Å². The molecule has 104 valence electrons. The van der Waals surface area contributed by atoms with Gasteiger partial charge in [0.25, 0.3) is 0 Å². The molecule has 0 saturated heterocycles. The van der Waals surface area contributed by atoms with E-state index in [1.807, 2.05) is 11.8 Å². The highest BCUT2D eigenvalue weighted by molar-refractivity contribution is 7.99. The lowest BCUT2D eigenvalue weighted by Crippen LogP contribution is -2.44. The predicted molar refractivity (Wildman–Crippen MR) is 77.8 cm³/mol. The molecule has 18 heavy (non-hydrogen) atoms. The van der Waals surface area contributed by atoms with Gasteiger partial charge in [-0.15, -0.1) is 0 Å². The quantitative estimate of drug-likeness (QED) is 0.586. The number of ether oxygens (including phenoxy) is 1. The summed E-state index contributed by atoms with van der Waals surface area (Å²) in [5.74, 6) is 2.31. The molecular formula is C14H26N2OS. The van der Waals surface area contributed by atoms with Crippen molar-refractivity contribution in [2.45, 2.75) is 57.0 Å². The van der Waals surface area contributed by atoms with Crippen LogP contribution in [-0.4, -0.2) is 36.8 Å². The molecule has 0 aliphatic heterocycles. The predicted octanol–water partition coefficient (Wildman–Crippen LogP) is 2.96. The third-order valence-electron chi connectivity index (χ3n) is 3.40. The van der Waals surface area contributed by atoms with Crippen LogP contribution in [-0.2, 0) is 4.74 Å². The van der Waals surface area contributed by atoms with Gasteiger partial charge in [-0.25, -0.2) is 0 Å². The lowest BCUT2D eigenvalue weighted by atomic mass is 9.92.